The largest absolute Gasteiger partial charge is 0.456 e. The van der Waals surface area contributed by atoms with E-state index in [9.17, 15) is 0 Å². The van der Waals surface area contributed by atoms with Crippen LogP contribution in [0.4, 0.5) is 11.4 Å². The summed E-state index contributed by atoms with van der Waals surface area (Å²) in [6.07, 6.45) is 0. The first-order valence-electron chi connectivity index (χ1n) is 22.0. The van der Waals surface area contributed by atoms with Gasteiger partial charge >= 0.3 is 6.85 Å². The molecule has 0 atom stereocenters. The summed E-state index contributed by atoms with van der Waals surface area (Å²) in [4.78, 5) is 2.70. The van der Waals surface area contributed by atoms with Crippen molar-refractivity contribution in [1.82, 2.24) is 4.57 Å². The Morgan fingerprint density at radius 2 is 1.18 bits per heavy atom. The van der Waals surface area contributed by atoms with Gasteiger partial charge in [-0.05, 0) is 98.6 Å². The van der Waals surface area contributed by atoms with E-state index in [1.54, 1.807) is 0 Å². The minimum absolute atomic E-state index is 0.00511. The monoisotopic (exact) mass is 838 g/mol. The maximum atomic E-state index is 6.63. The van der Waals surface area contributed by atoms with E-state index in [0.717, 1.165) is 16.6 Å². The predicted molar refractivity (Wildman–Crippen MR) is 271 cm³/mol. The third-order valence-corrected chi connectivity index (χ3v) is 16.4. The molecule has 0 saturated heterocycles. The van der Waals surface area contributed by atoms with Gasteiger partial charge in [-0.15, -0.1) is 22.7 Å². The summed E-state index contributed by atoms with van der Waals surface area (Å²) >= 11 is 3.90. The Morgan fingerprint density at radius 3 is 1.95 bits per heavy atom. The Hall–Kier alpha value is -5.82. The first-order valence-corrected chi connectivity index (χ1v) is 23.7. The lowest BCUT2D eigenvalue weighted by Crippen LogP contribution is -2.59. The van der Waals surface area contributed by atoms with Crippen LogP contribution in [0.25, 0.3) is 90.8 Å². The summed E-state index contributed by atoms with van der Waals surface area (Å²) in [6.45, 7) is 20.8. The van der Waals surface area contributed by atoms with Crippen LogP contribution in [0, 0.1) is 0 Å². The van der Waals surface area contributed by atoms with Gasteiger partial charge in [-0.2, -0.15) is 0 Å². The van der Waals surface area contributed by atoms with Crippen LogP contribution in [0.5, 0.6) is 0 Å². The highest BCUT2D eigenvalue weighted by atomic mass is 32.1. The number of para-hydroxylation sites is 1. The lowest BCUT2D eigenvalue weighted by atomic mass is 9.47. The van der Waals surface area contributed by atoms with Crippen LogP contribution < -0.4 is 15.1 Å². The lowest BCUT2D eigenvalue weighted by Gasteiger charge is -2.41. The molecule has 4 aromatic heterocycles. The summed E-state index contributed by atoms with van der Waals surface area (Å²) < 4.78 is 14.6. The van der Waals surface area contributed by atoms with Crippen molar-refractivity contribution in [2.75, 3.05) is 4.81 Å². The van der Waals surface area contributed by atoms with Gasteiger partial charge in [0.15, 0.2) is 0 Å². The SMILES string of the molecule is CC(C)(C)c1ccc(N2B3c4sc5ccc(C(C)(C)C)cc5c4-n4c5cc6oc7ccccc7c6cc5c5ccc(c3c54)-c3cc4c(cc32)sc2cc(C(C)(C)C)ccc24)cc1. The fraction of sp³-hybridized carbons (Fsp3) is 0.214. The van der Waals surface area contributed by atoms with Gasteiger partial charge in [-0.25, -0.2) is 0 Å². The number of aromatic nitrogens is 1. The molecule has 0 radical (unpaired) electrons. The second-order valence-electron chi connectivity index (χ2n) is 21.0. The number of hydrogen-bond acceptors (Lipinski definition) is 4. The number of anilines is 2. The number of fused-ring (bicyclic) bond motifs is 16. The summed E-state index contributed by atoms with van der Waals surface area (Å²) in [5.74, 6) is 0. The molecule has 62 heavy (non-hydrogen) atoms. The molecule has 6 heterocycles. The van der Waals surface area contributed by atoms with Gasteiger partial charge in [0.05, 0.1) is 16.7 Å². The normalized spacial score (nSPS) is 14.1. The molecule has 0 aliphatic carbocycles. The highest BCUT2D eigenvalue weighted by molar-refractivity contribution is 7.32. The van der Waals surface area contributed by atoms with E-state index in [-0.39, 0.29) is 23.1 Å². The Morgan fingerprint density at radius 1 is 0.484 bits per heavy atom. The zero-order valence-corrected chi connectivity index (χ0v) is 38.4. The number of thiophene rings is 2. The van der Waals surface area contributed by atoms with Gasteiger partial charge in [-0.3, -0.25) is 0 Å². The first kappa shape index (κ1) is 36.8. The van der Waals surface area contributed by atoms with Crippen LogP contribution in [-0.4, -0.2) is 11.4 Å². The van der Waals surface area contributed by atoms with Crippen LogP contribution in [0.15, 0.2) is 126 Å². The Bertz CT molecular complexity index is 3760. The molecular formula is C56H47BN2OS2. The molecule has 0 saturated carbocycles. The molecule has 2 aliphatic rings. The van der Waals surface area contributed by atoms with Crippen LogP contribution in [0.1, 0.15) is 79.0 Å². The van der Waals surface area contributed by atoms with E-state index < -0.39 is 0 Å². The highest BCUT2D eigenvalue weighted by Gasteiger charge is 2.46. The van der Waals surface area contributed by atoms with Crippen molar-refractivity contribution in [3.05, 3.63) is 138 Å². The summed E-state index contributed by atoms with van der Waals surface area (Å²) in [6, 6.07) is 47.0. The van der Waals surface area contributed by atoms with Gasteiger partial charge in [-0.1, -0.05) is 123 Å². The van der Waals surface area contributed by atoms with Gasteiger partial charge in [0.25, 0.3) is 0 Å². The quantitative estimate of drug-likeness (QED) is 0.154. The number of hydrogen-bond donors (Lipinski definition) is 0. The Labute approximate surface area is 370 Å². The molecule has 6 heteroatoms. The minimum Gasteiger partial charge on any atom is -0.456 e. The van der Waals surface area contributed by atoms with E-state index in [2.05, 4.69) is 193 Å². The van der Waals surface area contributed by atoms with E-state index >= 15 is 0 Å². The molecule has 0 N–H and O–H groups in total. The number of benzene rings is 7. The van der Waals surface area contributed by atoms with E-state index in [0.29, 0.717) is 0 Å². The van der Waals surface area contributed by atoms with Crippen LogP contribution in [0.2, 0.25) is 0 Å². The Balaban J connectivity index is 1.19. The van der Waals surface area contributed by atoms with Crippen LogP contribution >= 0.6 is 22.7 Å². The molecule has 0 unspecified atom stereocenters. The number of furan rings is 1. The molecule has 11 aromatic rings. The van der Waals surface area contributed by atoms with Crippen molar-refractivity contribution in [2.24, 2.45) is 0 Å². The van der Waals surface area contributed by atoms with Crippen LogP contribution in [-0.2, 0) is 16.2 Å². The van der Waals surface area contributed by atoms with Crippen LogP contribution in [0.3, 0.4) is 0 Å². The summed E-state index contributed by atoms with van der Waals surface area (Å²) in [5.41, 5.74) is 16.4. The average Bonchev–Trinajstić information content (AvgIpc) is 3.98. The fourth-order valence-electron chi connectivity index (χ4n) is 10.7. The van der Waals surface area contributed by atoms with Gasteiger partial charge in [0.2, 0.25) is 0 Å². The molecule has 302 valence electrons. The maximum absolute atomic E-state index is 6.63. The molecule has 0 amide bonds. The molecule has 2 aliphatic heterocycles. The average molecular weight is 839 g/mol. The van der Waals surface area contributed by atoms with Crippen molar-refractivity contribution in [2.45, 2.75) is 78.6 Å². The van der Waals surface area contributed by atoms with Gasteiger partial charge < -0.3 is 13.8 Å². The highest BCUT2D eigenvalue weighted by Crippen LogP contribution is 2.51. The smallest absolute Gasteiger partial charge is 0.343 e. The maximum Gasteiger partial charge on any atom is 0.343 e. The second kappa shape index (κ2) is 12.0. The number of nitrogens with zero attached hydrogens (tertiary/aromatic N) is 2. The number of rotatable bonds is 1. The first-order chi connectivity index (χ1) is 29.6. The molecule has 3 nitrogen and oxygen atoms in total. The van der Waals surface area contributed by atoms with Crippen molar-refractivity contribution >= 4 is 125 Å². The molecule has 0 spiro atoms. The third-order valence-electron chi connectivity index (χ3n) is 14.0. The van der Waals surface area contributed by atoms with Crippen molar-refractivity contribution in [3.63, 3.8) is 0 Å². The summed E-state index contributed by atoms with van der Waals surface area (Å²) in [7, 11) is 0. The van der Waals surface area contributed by atoms with Gasteiger partial charge in [0, 0.05) is 79.6 Å². The zero-order valence-electron chi connectivity index (χ0n) is 36.7. The molecule has 7 aromatic carbocycles. The van der Waals surface area contributed by atoms with E-state index in [1.807, 2.05) is 22.7 Å². The topological polar surface area (TPSA) is 21.3 Å². The van der Waals surface area contributed by atoms with Crippen molar-refractivity contribution in [1.29, 1.82) is 0 Å². The standard InChI is InChI=1S/C56H47BN2OS2/c1-54(2,3)30-14-18-33(19-15-30)59-44-29-49-41(35-20-16-32(56(7,8)9)25-48(35)61-49)27-38(44)36-21-22-37-39-26-40-34-12-10-11-13-45(34)60-46(40)28-43(39)58-51(37)50(36)57(59)53-52(58)42-24-31(55(4,5)6)17-23-47(42)62-53/h10-29H,1-9H3. The summed E-state index contributed by atoms with van der Waals surface area (Å²) in [5, 5.41) is 8.87. The van der Waals surface area contributed by atoms with Gasteiger partial charge in [0.1, 0.15) is 11.2 Å². The minimum atomic E-state index is -0.0351. The molecular weight excluding hydrogens is 792 g/mol. The second-order valence-corrected chi connectivity index (χ2v) is 23.2. The molecule has 13 rings (SSSR count). The lowest BCUT2D eigenvalue weighted by molar-refractivity contribution is 0.590. The van der Waals surface area contributed by atoms with E-state index in [4.69, 9.17) is 4.42 Å². The molecule has 0 fully saturated rings. The molecule has 0 bridgehead atoms. The zero-order chi connectivity index (χ0) is 42.4. The third kappa shape index (κ3) is 4.94. The van der Waals surface area contributed by atoms with Crippen molar-refractivity contribution in [3.8, 4) is 16.8 Å². The Kier molecular flexibility index (Phi) is 7.12. The van der Waals surface area contributed by atoms with E-state index in [1.165, 1.54) is 113 Å². The van der Waals surface area contributed by atoms with Crippen molar-refractivity contribution < 1.29 is 4.42 Å². The predicted octanol–water partition coefficient (Wildman–Crippen LogP) is 15.4. The fourth-order valence-corrected chi connectivity index (χ4v) is 13.1.